The molecule has 0 spiro atoms. The molecule has 4 heteroatoms. The van der Waals surface area contributed by atoms with Gasteiger partial charge in [-0.3, -0.25) is 9.97 Å². The minimum atomic E-state index is -0.0749. The first kappa shape index (κ1) is 29.2. The van der Waals surface area contributed by atoms with Gasteiger partial charge in [-0.2, -0.15) is 0 Å². The van der Waals surface area contributed by atoms with Gasteiger partial charge in [0, 0.05) is 28.5 Å². The van der Waals surface area contributed by atoms with E-state index in [1.807, 2.05) is 12.3 Å². The van der Waals surface area contributed by atoms with Crippen LogP contribution in [0.4, 0.5) is 0 Å². The fourth-order valence-corrected chi connectivity index (χ4v) is 7.81. The van der Waals surface area contributed by atoms with Crippen molar-refractivity contribution < 1.29 is 0 Å². The van der Waals surface area contributed by atoms with Crippen molar-refractivity contribution in [2.75, 3.05) is 0 Å². The third-order valence-electron chi connectivity index (χ3n) is 10.1. The number of nitrogens with one attached hydrogen (secondary N) is 1. The lowest BCUT2D eigenvalue weighted by Crippen LogP contribution is -2.21. The van der Waals surface area contributed by atoms with Crippen LogP contribution in [0, 0.1) is 0 Å². The first-order valence-corrected chi connectivity index (χ1v) is 17.4. The molecule has 0 saturated carbocycles. The molecule has 0 radical (unpaired) electrons. The highest BCUT2D eigenvalue weighted by atomic mass is 15.0. The van der Waals surface area contributed by atoms with Crippen molar-refractivity contribution in [3.8, 4) is 28.1 Å². The lowest BCUT2D eigenvalue weighted by molar-refractivity contribution is 0.738. The van der Waals surface area contributed by atoms with Crippen molar-refractivity contribution in [3.05, 3.63) is 193 Å². The molecule has 0 amide bonds. The first-order valence-electron chi connectivity index (χ1n) is 17.4. The van der Waals surface area contributed by atoms with Crippen LogP contribution < -0.4 is 5.32 Å². The first-order chi connectivity index (χ1) is 25.3. The Morgan fingerprint density at radius 3 is 1.90 bits per heavy atom. The molecule has 240 valence electrons. The number of benzene rings is 6. The van der Waals surface area contributed by atoms with Gasteiger partial charge < -0.3 is 9.88 Å². The molecule has 1 unspecified atom stereocenters. The van der Waals surface area contributed by atoms with Crippen molar-refractivity contribution in [3.63, 3.8) is 0 Å². The normalized spacial score (nSPS) is 14.3. The van der Waals surface area contributed by atoms with E-state index >= 15 is 0 Å². The monoisotopic (exact) mass is 652 g/mol. The summed E-state index contributed by atoms with van der Waals surface area (Å²) in [7, 11) is 0. The van der Waals surface area contributed by atoms with Gasteiger partial charge in [-0.1, -0.05) is 127 Å². The minimum absolute atomic E-state index is 0.0749. The highest BCUT2D eigenvalue weighted by Crippen LogP contribution is 2.43. The second-order valence-corrected chi connectivity index (χ2v) is 13.0. The molecule has 4 nitrogen and oxygen atoms in total. The van der Waals surface area contributed by atoms with E-state index in [0.717, 1.165) is 55.8 Å². The van der Waals surface area contributed by atoms with E-state index in [1.54, 1.807) is 0 Å². The van der Waals surface area contributed by atoms with E-state index in [9.17, 15) is 0 Å². The molecule has 9 aromatic rings. The van der Waals surface area contributed by atoms with Gasteiger partial charge in [0.05, 0.1) is 34.0 Å². The van der Waals surface area contributed by atoms with E-state index in [1.165, 1.54) is 32.7 Å². The molecule has 1 N–H and O–H groups in total. The summed E-state index contributed by atoms with van der Waals surface area (Å²) in [5, 5.41) is 9.79. The zero-order valence-corrected chi connectivity index (χ0v) is 27.7. The number of pyridine rings is 2. The van der Waals surface area contributed by atoms with Gasteiger partial charge in [-0.05, 0) is 86.8 Å². The van der Waals surface area contributed by atoms with E-state index in [0.29, 0.717) is 0 Å². The van der Waals surface area contributed by atoms with Crippen LogP contribution in [0.2, 0.25) is 0 Å². The lowest BCUT2D eigenvalue weighted by atomic mass is 9.87. The smallest absolute Gasteiger partial charge is 0.0963 e. The maximum absolute atomic E-state index is 5.35. The number of hydrogen-bond acceptors (Lipinski definition) is 3. The third kappa shape index (κ3) is 4.84. The average Bonchev–Trinajstić information content (AvgIpc) is 3.55. The minimum Gasteiger partial charge on any atom is -0.373 e. The van der Waals surface area contributed by atoms with E-state index < -0.39 is 0 Å². The predicted octanol–water partition coefficient (Wildman–Crippen LogP) is 11.5. The van der Waals surface area contributed by atoms with Crippen LogP contribution in [0.25, 0.3) is 77.2 Å². The molecule has 0 fully saturated rings. The van der Waals surface area contributed by atoms with Crippen molar-refractivity contribution in [1.29, 1.82) is 0 Å². The molecule has 1 aliphatic heterocycles. The number of hydrogen-bond donors (Lipinski definition) is 1. The van der Waals surface area contributed by atoms with Gasteiger partial charge in [0.2, 0.25) is 0 Å². The standard InChI is InChI=1S/C47H32N4/c1-2-13-32(14-3-1)45-34-15-4-6-17-36(34)46(37-18-7-5-16-35(37)45)42-23-11-22-41(50-42)40-21-10-20-39(49-40)31-26-28-33(29-27-31)51-43-24-9-8-19-38(43)47-44(51)25-12-30-48-47/h1-30,40,49H. The van der Waals surface area contributed by atoms with Gasteiger partial charge in [0.25, 0.3) is 0 Å². The largest absolute Gasteiger partial charge is 0.373 e. The summed E-state index contributed by atoms with van der Waals surface area (Å²) in [6.45, 7) is 0. The summed E-state index contributed by atoms with van der Waals surface area (Å²) >= 11 is 0. The summed E-state index contributed by atoms with van der Waals surface area (Å²) in [5.41, 5.74) is 12.1. The highest BCUT2D eigenvalue weighted by Gasteiger charge is 2.20. The zero-order chi connectivity index (χ0) is 33.7. The third-order valence-corrected chi connectivity index (χ3v) is 10.1. The fourth-order valence-electron chi connectivity index (χ4n) is 7.81. The molecule has 1 atom stereocenters. The summed E-state index contributed by atoms with van der Waals surface area (Å²) in [6, 6.07) is 55.9. The summed E-state index contributed by atoms with van der Waals surface area (Å²) < 4.78 is 2.29. The molecule has 10 rings (SSSR count). The van der Waals surface area contributed by atoms with Crippen LogP contribution in [0.3, 0.4) is 0 Å². The van der Waals surface area contributed by atoms with Crippen molar-refractivity contribution >= 4 is 49.2 Å². The Bertz CT molecular complexity index is 2720. The van der Waals surface area contributed by atoms with E-state index in [4.69, 9.17) is 9.97 Å². The van der Waals surface area contributed by atoms with Crippen molar-refractivity contribution in [2.45, 2.75) is 6.04 Å². The van der Waals surface area contributed by atoms with Crippen LogP contribution in [-0.4, -0.2) is 14.5 Å². The topological polar surface area (TPSA) is 42.7 Å². The number of para-hydroxylation sites is 1. The maximum Gasteiger partial charge on any atom is 0.0963 e. The zero-order valence-electron chi connectivity index (χ0n) is 27.7. The molecule has 0 saturated heterocycles. The number of allylic oxidation sites excluding steroid dienone is 2. The number of fused-ring (bicyclic) bond motifs is 5. The number of nitrogens with zero attached hydrogens (tertiary/aromatic N) is 3. The van der Waals surface area contributed by atoms with Crippen LogP contribution in [0.1, 0.15) is 17.3 Å². The van der Waals surface area contributed by atoms with Crippen LogP contribution >= 0.6 is 0 Å². The average molecular weight is 653 g/mol. The molecule has 0 bridgehead atoms. The van der Waals surface area contributed by atoms with Crippen molar-refractivity contribution in [1.82, 2.24) is 19.9 Å². The van der Waals surface area contributed by atoms with Gasteiger partial charge in [0.1, 0.15) is 0 Å². The second kappa shape index (κ2) is 12.0. The number of rotatable bonds is 5. The second-order valence-electron chi connectivity index (χ2n) is 13.0. The summed E-state index contributed by atoms with van der Waals surface area (Å²) in [4.78, 5) is 10.1. The quantitative estimate of drug-likeness (QED) is 0.188. The Hall–Kier alpha value is -6.78. The van der Waals surface area contributed by atoms with Gasteiger partial charge in [-0.25, -0.2) is 0 Å². The molecule has 51 heavy (non-hydrogen) atoms. The molecule has 6 aromatic carbocycles. The molecular formula is C47H32N4. The lowest BCUT2D eigenvalue weighted by Gasteiger charge is -2.23. The Kier molecular flexibility index (Phi) is 6.85. The number of aromatic nitrogens is 3. The van der Waals surface area contributed by atoms with Gasteiger partial charge >= 0.3 is 0 Å². The van der Waals surface area contributed by atoms with Gasteiger partial charge in [-0.15, -0.1) is 0 Å². The predicted molar refractivity (Wildman–Crippen MR) is 212 cm³/mol. The van der Waals surface area contributed by atoms with Gasteiger partial charge in [0.15, 0.2) is 0 Å². The van der Waals surface area contributed by atoms with Crippen LogP contribution in [-0.2, 0) is 0 Å². The Morgan fingerprint density at radius 1 is 0.510 bits per heavy atom. The van der Waals surface area contributed by atoms with Crippen molar-refractivity contribution in [2.24, 2.45) is 0 Å². The number of dihydropyridines is 1. The maximum atomic E-state index is 5.35. The molecular weight excluding hydrogens is 621 g/mol. The van der Waals surface area contributed by atoms with E-state index in [-0.39, 0.29) is 6.04 Å². The molecule has 0 aliphatic carbocycles. The summed E-state index contributed by atoms with van der Waals surface area (Å²) in [5.74, 6) is 0. The Balaban J connectivity index is 1.01. The Labute approximate surface area is 295 Å². The molecule has 1 aliphatic rings. The summed E-state index contributed by atoms with van der Waals surface area (Å²) in [6.07, 6.45) is 8.33. The molecule has 3 aromatic heterocycles. The van der Waals surface area contributed by atoms with Crippen LogP contribution in [0.15, 0.2) is 182 Å². The van der Waals surface area contributed by atoms with E-state index in [2.05, 4.69) is 180 Å². The SMILES string of the molecule is C1=CC(c2cccc(-c3c4ccccc4c(-c4ccccc4)c4ccccc34)n2)NC(c2ccc(-n3c4ccccc4c4ncccc43)cc2)=C1. The highest BCUT2D eigenvalue weighted by molar-refractivity contribution is 6.21. The van der Waals surface area contributed by atoms with Crippen LogP contribution in [0.5, 0.6) is 0 Å². The molecule has 4 heterocycles. The fraction of sp³-hybridized carbons (Fsp3) is 0.0213. The Morgan fingerprint density at radius 2 is 1.16 bits per heavy atom.